The van der Waals surface area contributed by atoms with Gasteiger partial charge in [0.15, 0.2) is 0 Å². The number of hydrogen-bond donors (Lipinski definition) is 3. The molecule has 0 saturated carbocycles. The third-order valence-electron chi connectivity index (χ3n) is 4.46. The summed E-state index contributed by atoms with van der Waals surface area (Å²) in [5.74, 6) is 0. The van der Waals surface area contributed by atoms with Crippen LogP contribution in [0.5, 0.6) is 0 Å². The van der Waals surface area contributed by atoms with Crippen LogP contribution in [-0.4, -0.2) is 60.5 Å². The first-order valence-corrected chi connectivity index (χ1v) is 6.46. The molecule has 2 aliphatic heterocycles. The summed E-state index contributed by atoms with van der Waals surface area (Å²) in [4.78, 5) is 2.24. The molecule has 16 heavy (non-hydrogen) atoms. The van der Waals surface area contributed by atoms with Crippen LogP contribution in [0.4, 0.5) is 0 Å². The van der Waals surface area contributed by atoms with E-state index in [-0.39, 0.29) is 19.3 Å². The van der Waals surface area contributed by atoms with Crippen LogP contribution in [0.1, 0.15) is 25.7 Å². The van der Waals surface area contributed by atoms with Gasteiger partial charge in [-0.05, 0) is 57.3 Å². The number of aliphatic hydroxyl groups is 2. The van der Waals surface area contributed by atoms with Crippen molar-refractivity contribution in [3.63, 3.8) is 0 Å². The Morgan fingerprint density at radius 3 is 2.06 bits per heavy atom. The zero-order valence-electron chi connectivity index (χ0n) is 9.99. The molecular formula is C12H24N2O2. The number of piperidine rings is 2. The van der Waals surface area contributed by atoms with Crippen LogP contribution in [0, 0.1) is 5.41 Å². The summed E-state index contributed by atoms with van der Waals surface area (Å²) in [6, 6.07) is -0.0425. The maximum atomic E-state index is 9.17. The van der Waals surface area contributed by atoms with Gasteiger partial charge in [-0.15, -0.1) is 0 Å². The molecule has 0 aromatic rings. The van der Waals surface area contributed by atoms with Gasteiger partial charge >= 0.3 is 0 Å². The van der Waals surface area contributed by atoms with E-state index in [0.29, 0.717) is 5.41 Å². The molecule has 2 aliphatic rings. The smallest absolute Gasteiger partial charge is 0.0609 e. The quantitative estimate of drug-likeness (QED) is 0.626. The molecule has 0 aliphatic carbocycles. The molecule has 0 bridgehead atoms. The summed E-state index contributed by atoms with van der Waals surface area (Å²) in [6.07, 6.45) is 5.05. The number of rotatable bonds is 3. The highest BCUT2D eigenvalue weighted by Crippen LogP contribution is 2.39. The van der Waals surface area contributed by atoms with Crippen LogP contribution >= 0.6 is 0 Å². The molecule has 0 aromatic carbocycles. The molecule has 2 saturated heterocycles. The molecule has 2 heterocycles. The van der Waals surface area contributed by atoms with Gasteiger partial charge in [0.05, 0.1) is 19.3 Å². The van der Waals surface area contributed by atoms with Gasteiger partial charge in [-0.3, -0.25) is 4.90 Å². The maximum absolute atomic E-state index is 9.17. The van der Waals surface area contributed by atoms with Crippen LogP contribution in [0.2, 0.25) is 0 Å². The molecule has 0 aromatic heterocycles. The van der Waals surface area contributed by atoms with Gasteiger partial charge in [-0.25, -0.2) is 0 Å². The van der Waals surface area contributed by atoms with E-state index < -0.39 is 0 Å². The molecule has 2 fully saturated rings. The molecule has 4 nitrogen and oxygen atoms in total. The van der Waals surface area contributed by atoms with Gasteiger partial charge < -0.3 is 15.5 Å². The highest BCUT2D eigenvalue weighted by Gasteiger charge is 2.36. The van der Waals surface area contributed by atoms with Gasteiger partial charge in [-0.2, -0.15) is 0 Å². The van der Waals surface area contributed by atoms with E-state index in [0.717, 1.165) is 26.2 Å². The van der Waals surface area contributed by atoms with Gasteiger partial charge in [0, 0.05) is 0 Å². The van der Waals surface area contributed by atoms with E-state index in [2.05, 4.69) is 10.2 Å². The van der Waals surface area contributed by atoms with Crippen LogP contribution in [-0.2, 0) is 0 Å². The van der Waals surface area contributed by atoms with Crippen molar-refractivity contribution in [3.8, 4) is 0 Å². The molecule has 0 unspecified atom stereocenters. The Morgan fingerprint density at radius 2 is 1.56 bits per heavy atom. The van der Waals surface area contributed by atoms with Gasteiger partial charge in [0.2, 0.25) is 0 Å². The van der Waals surface area contributed by atoms with Crippen molar-refractivity contribution in [2.24, 2.45) is 5.41 Å². The number of likely N-dealkylation sites (tertiary alicyclic amines) is 1. The minimum absolute atomic E-state index is 0.0425. The third kappa shape index (κ3) is 2.56. The monoisotopic (exact) mass is 228 g/mol. The van der Waals surface area contributed by atoms with E-state index in [4.69, 9.17) is 10.2 Å². The molecule has 94 valence electrons. The van der Waals surface area contributed by atoms with Crippen molar-refractivity contribution in [1.29, 1.82) is 0 Å². The average molecular weight is 228 g/mol. The molecule has 0 atom stereocenters. The fraction of sp³-hybridized carbons (Fsp3) is 1.00. The molecule has 3 N–H and O–H groups in total. The van der Waals surface area contributed by atoms with Crippen molar-refractivity contribution in [1.82, 2.24) is 10.2 Å². The summed E-state index contributed by atoms with van der Waals surface area (Å²) in [6.45, 7) is 4.53. The van der Waals surface area contributed by atoms with Crippen LogP contribution in [0.25, 0.3) is 0 Å². The second kappa shape index (κ2) is 5.45. The maximum Gasteiger partial charge on any atom is 0.0609 e. The largest absolute Gasteiger partial charge is 0.395 e. The standard InChI is InChI=1S/C12H24N2O2/c15-9-11(10-16)14-7-3-12(4-8-14)1-5-13-6-2-12/h11,13,15-16H,1-10H2. The fourth-order valence-electron chi connectivity index (χ4n) is 3.11. The number of aliphatic hydroxyl groups excluding tert-OH is 2. The van der Waals surface area contributed by atoms with Crippen molar-refractivity contribution in [2.45, 2.75) is 31.7 Å². The van der Waals surface area contributed by atoms with Gasteiger partial charge in [-0.1, -0.05) is 0 Å². The van der Waals surface area contributed by atoms with Crippen LogP contribution in [0.15, 0.2) is 0 Å². The predicted molar refractivity (Wildman–Crippen MR) is 63.3 cm³/mol. The third-order valence-corrected chi connectivity index (χ3v) is 4.46. The number of hydrogen-bond acceptors (Lipinski definition) is 4. The normalized spacial score (nSPS) is 26.4. The molecule has 2 rings (SSSR count). The Hall–Kier alpha value is -0.160. The second-order valence-electron chi connectivity index (χ2n) is 5.30. The lowest BCUT2D eigenvalue weighted by molar-refractivity contribution is 0.0117. The van der Waals surface area contributed by atoms with E-state index >= 15 is 0 Å². The second-order valence-corrected chi connectivity index (χ2v) is 5.30. The minimum Gasteiger partial charge on any atom is -0.395 e. The Morgan fingerprint density at radius 1 is 1.00 bits per heavy atom. The predicted octanol–water partition coefficient (Wildman–Crippen LogP) is -0.195. The Labute approximate surface area is 97.6 Å². The van der Waals surface area contributed by atoms with Crippen molar-refractivity contribution in [3.05, 3.63) is 0 Å². The Balaban J connectivity index is 1.85. The molecule has 1 spiro atoms. The average Bonchev–Trinajstić information content (AvgIpc) is 2.34. The highest BCUT2D eigenvalue weighted by molar-refractivity contribution is 4.91. The molecule has 4 heteroatoms. The highest BCUT2D eigenvalue weighted by atomic mass is 16.3. The van der Waals surface area contributed by atoms with Crippen LogP contribution < -0.4 is 5.32 Å². The van der Waals surface area contributed by atoms with Crippen LogP contribution in [0.3, 0.4) is 0 Å². The van der Waals surface area contributed by atoms with E-state index in [1.807, 2.05) is 0 Å². The fourth-order valence-corrected chi connectivity index (χ4v) is 3.11. The topological polar surface area (TPSA) is 55.7 Å². The SMILES string of the molecule is OCC(CO)N1CCC2(CCNCC2)CC1. The van der Waals surface area contributed by atoms with Gasteiger partial charge in [0.1, 0.15) is 0 Å². The Kier molecular flexibility index (Phi) is 4.19. The minimum atomic E-state index is -0.0425. The lowest BCUT2D eigenvalue weighted by Gasteiger charge is -2.46. The first kappa shape index (κ1) is 12.3. The van der Waals surface area contributed by atoms with Crippen molar-refractivity contribution >= 4 is 0 Å². The number of nitrogens with one attached hydrogen (secondary N) is 1. The van der Waals surface area contributed by atoms with E-state index in [1.54, 1.807) is 0 Å². The summed E-state index contributed by atoms with van der Waals surface area (Å²) < 4.78 is 0. The summed E-state index contributed by atoms with van der Waals surface area (Å²) in [5.41, 5.74) is 0.553. The molecule has 0 radical (unpaired) electrons. The number of nitrogens with zero attached hydrogens (tertiary/aromatic N) is 1. The first-order chi connectivity index (χ1) is 7.79. The lowest BCUT2D eigenvalue weighted by atomic mass is 9.71. The van der Waals surface area contributed by atoms with E-state index in [9.17, 15) is 0 Å². The van der Waals surface area contributed by atoms with Crippen molar-refractivity contribution < 1.29 is 10.2 Å². The summed E-state index contributed by atoms with van der Waals surface area (Å²) in [7, 11) is 0. The summed E-state index contributed by atoms with van der Waals surface area (Å²) in [5, 5.41) is 21.8. The first-order valence-electron chi connectivity index (χ1n) is 6.46. The van der Waals surface area contributed by atoms with Gasteiger partial charge in [0.25, 0.3) is 0 Å². The zero-order chi connectivity index (χ0) is 11.4. The summed E-state index contributed by atoms with van der Waals surface area (Å²) >= 11 is 0. The molecular weight excluding hydrogens is 204 g/mol. The van der Waals surface area contributed by atoms with Crippen molar-refractivity contribution in [2.75, 3.05) is 39.4 Å². The zero-order valence-corrected chi connectivity index (χ0v) is 9.99. The van der Waals surface area contributed by atoms with E-state index in [1.165, 1.54) is 25.7 Å². The lowest BCUT2D eigenvalue weighted by Crippen LogP contribution is -2.50. The Bertz CT molecular complexity index is 203. The molecule has 0 amide bonds.